The molecule has 0 radical (unpaired) electrons. The van der Waals surface area contributed by atoms with Gasteiger partial charge in [-0.25, -0.2) is 4.98 Å². The van der Waals surface area contributed by atoms with Gasteiger partial charge >= 0.3 is 0 Å². The van der Waals surface area contributed by atoms with Crippen molar-refractivity contribution < 1.29 is 9.47 Å². The highest BCUT2D eigenvalue weighted by molar-refractivity contribution is 5.41. The van der Waals surface area contributed by atoms with Crippen LogP contribution in [0.3, 0.4) is 0 Å². The summed E-state index contributed by atoms with van der Waals surface area (Å²) < 4.78 is 11.4. The molecule has 0 spiro atoms. The van der Waals surface area contributed by atoms with Crippen molar-refractivity contribution in [1.29, 1.82) is 0 Å². The van der Waals surface area contributed by atoms with Crippen LogP contribution in [0.25, 0.3) is 0 Å². The summed E-state index contributed by atoms with van der Waals surface area (Å²) in [6.45, 7) is 13.6. The Hall–Kier alpha value is -2.34. The third-order valence-corrected chi connectivity index (χ3v) is 4.91. The first kappa shape index (κ1) is 20.4. The molecule has 28 heavy (non-hydrogen) atoms. The topological polar surface area (TPSA) is 67.5 Å². The number of aromatic nitrogens is 2. The van der Waals surface area contributed by atoms with Gasteiger partial charge in [0, 0.05) is 42.2 Å². The smallest absolute Gasteiger partial charge is 0.254 e. The van der Waals surface area contributed by atoms with Crippen LogP contribution in [-0.2, 0) is 24.9 Å². The van der Waals surface area contributed by atoms with Gasteiger partial charge in [0.2, 0.25) is 0 Å². The van der Waals surface area contributed by atoms with Crippen LogP contribution in [0.1, 0.15) is 57.3 Å². The van der Waals surface area contributed by atoms with Crippen LogP contribution in [-0.4, -0.2) is 34.6 Å². The number of nitrogens with zero attached hydrogens (tertiary/aromatic N) is 2. The third kappa shape index (κ3) is 4.55. The molecule has 0 unspecified atom stereocenters. The second-order valence-corrected chi connectivity index (χ2v) is 8.19. The molecule has 1 aliphatic rings. The maximum atomic E-state index is 12.5. The van der Waals surface area contributed by atoms with Crippen LogP contribution < -0.4 is 15.0 Å². The largest absolute Gasteiger partial charge is 0.494 e. The predicted molar refractivity (Wildman–Crippen MR) is 110 cm³/mol. The summed E-state index contributed by atoms with van der Waals surface area (Å²) in [7, 11) is 0. The zero-order chi connectivity index (χ0) is 20.3. The molecule has 0 amide bonds. The Morgan fingerprint density at radius 2 is 1.93 bits per heavy atom. The van der Waals surface area contributed by atoms with E-state index >= 15 is 0 Å². The zero-order valence-electron chi connectivity index (χ0n) is 17.6. The Balaban J connectivity index is 1.83. The third-order valence-electron chi connectivity index (χ3n) is 4.91. The molecule has 3 rings (SSSR count). The molecule has 2 aromatic rings. The lowest BCUT2D eigenvalue weighted by molar-refractivity contribution is 0.233. The lowest BCUT2D eigenvalue weighted by Crippen LogP contribution is -2.36. The van der Waals surface area contributed by atoms with Crippen LogP contribution in [0.5, 0.6) is 11.5 Å². The summed E-state index contributed by atoms with van der Waals surface area (Å²) in [5, 5.41) is 0. The molecule has 0 bridgehead atoms. The molecule has 1 aliphatic heterocycles. The summed E-state index contributed by atoms with van der Waals surface area (Å²) in [5.74, 6) is 2.42. The number of fused-ring (bicyclic) bond motifs is 1. The van der Waals surface area contributed by atoms with Crippen molar-refractivity contribution in [3.63, 3.8) is 0 Å². The standard InChI is InChI=1S/C22H31N3O3/c1-6-27-16-9-8-15(19(12-16)28-7-2)13-25-11-10-17-18(14-25)23-21(22(3,4)5)24-20(17)26/h8-9,12H,6-7,10-11,13-14H2,1-5H3,(H,23,24,26). The normalized spacial score (nSPS) is 14.6. The van der Waals surface area contributed by atoms with Crippen molar-refractivity contribution in [3.8, 4) is 11.5 Å². The second kappa shape index (κ2) is 8.35. The van der Waals surface area contributed by atoms with Gasteiger partial charge in [0.15, 0.2) is 0 Å². The first-order valence-electron chi connectivity index (χ1n) is 10.0. The molecule has 152 valence electrons. The molecule has 0 saturated carbocycles. The number of H-pyrrole nitrogens is 1. The first-order valence-corrected chi connectivity index (χ1v) is 10.0. The van der Waals surface area contributed by atoms with Gasteiger partial charge in [-0.15, -0.1) is 0 Å². The van der Waals surface area contributed by atoms with Gasteiger partial charge in [-0.1, -0.05) is 26.8 Å². The Labute approximate surface area is 166 Å². The minimum atomic E-state index is -0.187. The second-order valence-electron chi connectivity index (χ2n) is 8.19. The quantitative estimate of drug-likeness (QED) is 0.825. The zero-order valence-corrected chi connectivity index (χ0v) is 17.6. The van der Waals surface area contributed by atoms with Crippen molar-refractivity contribution >= 4 is 0 Å². The highest BCUT2D eigenvalue weighted by Crippen LogP contribution is 2.28. The van der Waals surface area contributed by atoms with Crippen LogP contribution in [0.4, 0.5) is 0 Å². The van der Waals surface area contributed by atoms with E-state index in [1.807, 2.05) is 26.0 Å². The minimum Gasteiger partial charge on any atom is -0.494 e. The summed E-state index contributed by atoms with van der Waals surface area (Å²) >= 11 is 0. The first-order chi connectivity index (χ1) is 13.3. The van der Waals surface area contributed by atoms with Gasteiger partial charge in [-0.2, -0.15) is 0 Å². The van der Waals surface area contributed by atoms with Gasteiger partial charge < -0.3 is 14.5 Å². The molecule has 0 saturated heterocycles. The Morgan fingerprint density at radius 3 is 2.61 bits per heavy atom. The summed E-state index contributed by atoms with van der Waals surface area (Å²) in [5.41, 5.74) is 2.65. The van der Waals surface area contributed by atoms with Gasteiger partial charge in [0.25, 0.3) is 5.56 Å². The SMILES string of the molecule is CCOc1ccc(CN2CCc3c(nc(C(C)(C)C)[nH]c3=O)C2)c(OCC)c1. The van der Waals surface area contributed by atoms with Gasteiger partial charge in [0.05, 0.1) is 18.9 Å². The van der Waals surface area contributed by atoms with Crippen LogP contribution >= 0.6 is 0 Å². The van der Waals surface area contributed by atoms with E-state index in [0.29, 0.717) is 26.2 Å². The van der Waals surface area contributed by atoms with E-state index in [-0.39, 0.29) is 11.0 Å². The summed E-state index contributed by atoms with van der Waals surface area (Å²) in [6, 6.07) is 6.01. The molecular weight excluding hydrogens is 354 g/mol. The minimum absolute atomic E-state index is 0.00523. The van der Waals surface area contributed by atoms with E-state index in [1.54, 1.807) is 0 Å². The number of rotatable bonds is 6. The Kier molecular flexibility index (Phi) is 6.08. The molecular formula is C22H31N3O3. The van der Waals surface area contributed by atoms with Crippen molar-refractivity contribution in [2.75, 3.05) is 19.8 Å². The fourth-order valence-electron chi connectivity index (χ4n) is 3.44. The number of benzene rings is 1. The molecule has 0 atom stereocenters. The number of nitrogens with one attached hydrogen (secondary N) is 1. The van der Waals surface area contributed by atoms with E-state index in [9.17, 15) is 4.79 Å². The van der Waals surface area contributed by atoms with Crippen molar-refractivity contribution in [2.24, 2.45) is 0 Å². The predicted octanol–water partition coefficient (Wildman–Crippen LogP) is 3.42. The average molecular weight is 386 g/mol. The van der Waals surface area contributed by atoms with Crippen molar-refractivity contribution in [1.82, 2.24) is 14.9 Å². The fraction of sp³-hybridized carbons (Fsp3) is 0.545. The molecule has 1 aromatic heterocycles. The average Bonchev–Trinajstić information content (AvgIpc) is 2.63. The maximum Gasteiger partial charge on any atom is 0.254 e. The molecule has 0 fully saturated rings. The maximum absolute atomic E-state index is 12.5. The molecule has 6 nitrogen and oxygen atoms in total. The Bertz CT molecular complexity index is 884. The highest BCUT2D eigenvalue weighted by Gasteiger charge is 2.25. The number of hydrogen-bond acceptors (Lipinski definition) is 5. The lowest BCUT2D eigenvalue weighted by atomic mass is 9.95. The number of aromatic amines is 1. The molecule has 6 heteroatoms. The highest BCUT2D eigenvalue weighted by atomic mass is 16.5. The van der Waals surface area contributed by atoms with Crippen LogP contribution in [0, 0.1) is 0 Å². The van der Waals surface area contributed by atoms with E-state index in [4.69, 9.17) is 14.5 Å². The van der Waals surface area contributed by atoms with E-state index in [0.717, 1.165) is 47.2 Å². The fourth-order valence-corrected chi connectivity index (χ4v) is 3.44. The van der Waals surface area contributed by atoms with Crippen LogP contribution in [0.15, 0.2) is 23.0 Å². The monoisotopic (exact) mass is 385 g/mol. The molecule has 2 heterocycles. The van der Waals surface area contributed by atoms with E-state index in [2.05, 4.69) is 36.7 Å². The summed E-state index contributed by atoms with van der Waals surface area (Å²) in [6.07, 6.45) is 0.711. The number of hydrogen-bond donors (Lipinski definition) is 1. The summed E-state index contributed by atoms with van der Waals surface area (Å²) in [4.78, 5) is 22.6. The van der Waals surface area contributed by atoms with E-state index in [1.165, 1.54) is 0 Å². The van der Waals surface area contributed by atoms with Crippen molar-refractivity contribution in [3.05, 3.63) is 51.2 Å². The molecule has 0 aliphatic carbocycles. The number of ether oxygens (including phenoxy) is 2. The lowest BCUT2D eigenvalue weighted by Gasteiger charge is -2.29. The van der Waals surface area contributed by atoms with Crippen molar-refractivity contribution in [2.45, 2.75) is 59.5 Å². The van der Waals surface area contributed by atoms with Gasteiger partial charge in [-0.05, 0) is 26.3 Å². The van der Waals surface area contributed by atoms with Crippen LogP contribution in [0.2, 0.25) is 0 Å². The molecule has 1 aromatic carbocycles. The van der Waals surface area contributed by atoms with Gasteiger partial charge in [-0.3, -0.25) is 9.69 Å². The van der Waals surface area contributed by atoms with E-state index < -0.39 is 0 Å². The van der Waals surface area contributed by atoms with Gasteiger partial charge in [0.1, 0.15) is 17.3 Å². The molecule has 1 N–H and O–H groups in total. The Morgan fingerprint density at radius 1 is 1.18 bits per heavy atom.